The van der Waals surface area contributed by atoms with E-state index >= 15 is 0 Å². The molecule has 2 aliphatic rings. The van der Waals surface area contributed by atoms with Crippen LogP contribution in [0, 0.1) is 5.92 Å². The van der Waals surface area contributed by atoms with Gasteiger partial charge in [0.15, 0.2) is 0 Å². The van der Waals surface area contributed by atoms with Gasteiger partial charge in [0.05, 0.1) is 12.7 Å². The van der Waals surface area contributed by atoms with Crippen LogP contribution in [0.25, 0.3) is 0 Å². The van der Waals surface area contributed by atoms with Crippen molar-refractivity contribution in [3.05, 3.63) is 46.8 Å². The second-order valence-corrected chi connectivity index (χ2v) is 6.59. The smallest absolute Gasteiger partial charge is 0.337 e. The Hall–Kier alpha value is -1.77. The van der Waals surface area contributed by atoms with E-state index in [2.05, 4.69) is 45.1 Å². The molecule has 1 aliphatic heterocycles. The molecule has 0 aromatic heterocycles. The lowest BCUT2D eigenvalue weighted by molar-refractivity contribution is -0.136. The average Bonchev–Trinajstić information content (AvgIpc) is 3.06. The highest BCUT2D eigenvalue weighted by molar-refractivity contribution is 5.90. The zero-order valence-electron chi connectivity index (χ0n) is 14.7. The van der Waals surface area contributed by atoms with Gasteiger partial charge < -0.3 is 9.47 Å². The Kier molecular flexibility index (Phi) is 6.26. The summed E-state index contributed by atoms with van der Waals surface area (Å²) in [5.74, 6) is 0.741. The minimum atomic E-state index is -0.236. The molecule has 0 aromatic rings. The Morgan fingerprint density at radius 3 is 2.78 bits per heavy atom. The minimum absolute atomic E-state index is 0.0295. The lowest BCUT2D eigenvalue weighted by Crippen LogP contribution is -2.16. The molecule has 2 rings (SSSR count). The lowest BCUT2D eigenvalue weighted by atomic mass is 9.95. The molecule has 0 aromatic carbocycles. The third-order valence-electron chi connectivity index (χ3n) is 4.42. The quantitative estimate of drug-likeness (QED) is 0.497. The van der Waals surface area contributed by atoms with Crippen molar-refractivity contribution >= 4 is 5.97 Å². The minimum Gasteiger partial charge on any atom is -0.489 e. The molecule has 0 amide bonds. The number of hydrogen-bond donors (Lipinski definition) is 0. The maximum absolute atomic E-state index is 12.1. The second-order valence-electron chi connectivity index (χ2n) is 6.59. The summed E-state index contributed by atoms with van der Waals surface area (Å²) in [6, 6.07) is 0. The first kappa shape index (κ1) is 17.6. The molecule has 1 aliphatic carbocycles. The number of ether oxygens (including phenoxy) is 2. The van der Waals surface area contributed by atoms with Crippen molar-refractivity contribution < 1.29 is 14.3 Å². The first-order chi connectivity index (χ1) is 11.0. The number of esters is 1. The number of fused-ring (bicyclic) bond motifs is 1. The van der Waals surface area contributed by atoms with Gasteiger partial charge in [-0.3, -0.25) is 0 Å². The Balaban J connectivity index is 1.92. The summed E-state index contributed by atoms with van der Waals surface area (Å²) < 4.78 is 10.9. The predicted molar refractivity (Wildman–Crippen MR) is 92.8 cm³/mol. The van der Waals surface area contributed by atoms with Gasteiger partial charge in [-0.2, -0.15) is 0 Å². The van der Waals surface area contributed by atoms with Gasteiger partial charge >= 0.3 is 5.97 Å². The van der Waals surface area contributed by atoms with Crippen molar-refractivity contribution in [1.82, 2.24) is 0 Å². The molecule has 0 N–H and O–H groups in total. The van der Waals surface area contributed by atoms with Crippen LogP contribution >= 0.6 is 0 Å². The molecule has 0 saturated heterocycles. The normalized spacial score (nSPS) is 22.9. The maximum Gasteiger partial charge on any atom is 0.337 e. The molecule has 126 valence electrons. The van der Waals surface area contributed by atoms with E-state index in [9.17, 15) is 4.79 Å². The summed E-state index contributed by atoms with van der Waals surface area (Å²) in [5, 5.41) is 0. The lowest BCUT2D eigenvalue weighted by Gasteiger charge is -2.09. The van der Waals surface area contributed by atoms with E-state index < -0.39 is 0 Å². The Labute approximate surface area is 139 Å². The van der Waals surface area contributed by atoms with Gasteiger partial charge in [-0.25, -0.2) is 4.79 Å². The average molecular weight is 316 g/mol. The van der Waals surface area contributed by atoms with Crippen LogP contribution in [-0.4, -0.2) is 19.2 Å². The van der Waals surface area contributed by atoms with E-state index in [0.717, 1.165) is 43.4 Å². The number of carbonyl (C=O) groups excluding carboxylic acids is 1. The largest absolute Gasteiger partial charge is 0.489 e. The molecule has 0 fully saturated rings. The van der Waals surface area contributed by atoms with Crippen molar-refractivity contribution in [2.24, 2.45) is 5.92 Å². The van der Waals surface area contributed by atoms with E-state index in [-0.39, 0.29) is 18.0 Å². The fourth-order valence-corrected chi connectivity index (χ4v) is 3.17. The van der Waals surface area contributed by atoms with Crippen LogP contribution in [0.2, 0.25) is 0 Å². The Bertz CT molecular complexity index is 559. The van der Waals surface area contributed by atoms with Crippen molar-refractivity contribution in [2.45, 2.75) is 59.0 Å². The Morgan fingerprint density at radius 1 is 1.30 bits per heavy atom. The summed E-state index contributed by atoms with van der Waals surface area (Å²) in [6.07, 6.45) is 13.4. The van der Waals surface area contributed by atoms with Gasteiger partial charge in [0.1, 0.15) is 11.9 Å². The van der Waals surface area contributed by atoms with Crippen molar-refractivity contribution in [1.29, 1.82) is 0 Å². The molecular weight excluding hydrogens is 288 g/mol. The molecule has 0 saturated carbocycles. The first-order valence-corrected chi connectivity index (χ1v) is 8.46. The summed E-state index contributed by atoms with van der Waals surface area (Å²) in [4.78, 5) is 12.1. The van der Waals surface area contributed by atoms with E-state index in [1.807, 2.05) is 0 Å². The zero-order chi connectivity index (χ0) is 16.8. The maximum atomic E-state index is 12.1. The number of hydrogen-bond acceptors (Lipinski definition) is 3. The van der Waals surface area contributed by atoms with Crippen LogP contribution in [0.5, 0.6) is 0 Å². The topological polar surface area (TPSA) is 35.5 Å². The second kappa shape index (κ2) is 8.19. The van der Waals surface area contributed by atoms with Gasteiger partial charge in [0.25, 0.3) is 0 Å². The highest BCUT2D eigenvalue weighted by Gasteiger charge is 2.40. The molecule has 1 heterocycles. The molecule has 3 heteroatoms. The summed E-state index contributed by atoms with van der Waals surface area (Å²) in [5.41, 5.74) is 3.50. The van der Waals surface area contributed by atoms with Gasteiger partial charge in [0, 0.05) is 12.3 Å². The van der Waals surface area contributed by atoms with Crippen molar-refractivity contribution in [3.63, 3.8) is 0 Å². The van der Waals surface area contributed by atoms with Crippen LogP contribution in [-0.2, 0) is 14.3 Å². The molecule has 2 atom stereocenters. The highest BCUT2D eigenvalue weighted by atomic mass is 16.5. The number of rotatable bonds is 7. The standard InChI is InChI=1S/C20H28O3/c1-14(2)8-5-9-15(3)10-6-13-18-19(20(21)22-4)16-11-7-12-17(16)23-18/h7-8,10,12,16-17H,5-6,9,11,13H2,1-4H3/b15-10+. The van der Waals surface area contributed by atoms with Gasteiger partial charge in [0.2, 0.25) is 0 Å². The summed E-state index contributed by atoms with van der Waals surface area (Å²) in [6.45, 7) is 6.42. The SMILES string of the molecule is COC(=O)C1=C(CC/C=C(\C)CCC=C(C)C)OC2C=CCC12. The van der Waals surface area contributed by atoms with Crippen LogP contribution in [0.1, 0.15) is 52.9 Å². The van der Waals surface area contributed by atoms with Crippen LogP contribution in [0.4, 0.5) is 0 Å². The van der Waals surface area contributed by atoms with Crippen molar-refractivity contribution in [3.8, 4) is 0 Å². The number of carbonyl (C=O) groups is 1. The fraction of sp³-hybridized carbons (Fsp3) is 0.550. The van der Waals surface area contributed by atoms with Gasteiger partial charge in [-0.1, -0.05) is 29.4 Å². The zero-order valence-corrected chi connectivity index (χ0v) is 14.7. The third-order valence-corrected chi connectivity index (χ3v) is 4.42. The highest BCUT2D eigenvalue weighted by Crippen LogP contribution is 2.40. The third kappa shape index (κ3) is 4.60. The molecule has 3 nitrogen and oxygen atoms in total. The molecule has 0 spiro atoms. The van der Waals surface area contributed by atoms with E-state index in [1.54, 1.807) is 0 Å². The Morgan fingerprint density at radius 2 is 2.09 bits per heavy atom. The van der Waals surface area contributed by atoms with Crippen LogP contribution in [0.3, 0.4) is 0 Å². The van der Waals surface area contributed by atoms with Crippen LogP contribution in [0.15, 0.2) is 46.8 Å². The molecule has 0 radical (unpaired) electrons. The van der Waals surface area contributed by atoms with E-state index in [1.165, 1.54) is 18.3 Å². The van der Waals surface area contributed by atoms with E-state index in [4.69, 9.17) is 9.47 Å². The van der Waals surface area contributed by atoms with Crippen LogP contribution < -0.4 is 0 Å². The number of methoxy groups -OCH3 is 1. The van der Waals surface area contributed by atoms with Gasteiger partial charge in [-0.15, -0.1) is 0 Å². The predicted octanol–water partition coefficient (Wildman–Crippen LogP) is 4.86. The van der Waals surface area contributed by atoms with Crippen molar-refractivity contribution in [2.75, 3.05) is 7.11 Å². The fourth-order valence-electron chi connectivity index (χ4n) is 3.17. The first-order valence-electron chi connectivity index (χ1n) is 8.46. The monoisotopic (exact) mass is 316 g/mol. The molecule has 2 unspecified atom stereocenters. The van der Waals surface area contributed by atoms with Gasteiger partial charge in [-0.05, 0) is 52.5 Å². The molecule has 0 bridgehead atoms. The molecular formula is C20H28O3. The number of allylic oxidation sites excluding steroid dienone is 6. The summed E-state index contributed by atoms with van der Waals surface area (Å²) in [7, 11) is 1.44. The molecule has 23 heavy (non-hydrogen) atoms. The summed E-state index contributed by atoms with van der Waals surface area (Å²) >= 11 is 0. The van der Waals surface area contributed by atoms with E-state index in [0.29, 0.717) is 0 Å².